The molecule has 2 aliphatic heterocycles. The van der Waals surface area contributed by atoms with Crippen molar-refractivity contribution in [1.82, 2.24) is 9.88 Å². The Bertz CT molecular complexity index is 559. The number of anilines is 1. The van der Waals surface area contributed by atoms with Gasteiger partial charge in [-0.25, -0.2) is 4.79 Å². The Kier molecular flexibility index (Phi) is 3.85. The lowest BCUT2D eigenvalue weighted by Gasteiger charge is -2.29. The standard InChI is InChI=1S/C16H23N3O2/c1-11-9-14(15(16(20)21)12(2)17-11)19-8-4-7-18-6-3-5-13(18)10-19/h9,13H,3-8,10H2,1-2H3,(H,20,21). The number of aryl methyl sites for hydroxylation is 2. The molecule has 5 nitrogen and oxygen atoms in total. The van der Waals surface area contributed by atoms with Gasteiger partial charge in [-0.2, -0.15) is 0 Å². The van der Waals surface area contributed by atoms with Crippen molar-refractivity contribution in [2.75, 3.05) is 31.1 Å². The third-order valence-electron chi connectivity index (χ3n) is 4.67. The summed E-state index contributed by atoms with van der Waals surface area (Å²) >= 11 is 0. The molecule has 114 valence electrons. The summed E-state index contributed by atoms with van der Waals surface area (Å²) in [4.78, 5) is 20.8. The minimum Gasteiger partial charge on any atom is -0.478 e. The van der Waals surface area contributed by atoms with Crippen molar-refractivity contribution in [3.05, 3.63) is 23.0 Å². The van der Waals surface area contributed by atoms with Crippen LogP contribution in [0.5, 0.6) is 0 Å². The van der Waals surface area contributed by atoms with Crippen LogP contribution in [0.15, 0.2) is 6.07 Å². The van der Waals surface area contributed by atoms with E-state index >= 15 is 0 Å². The van der Waals surface area contributed by atoms with Gasteiger partial charge < -0.3 is 10.0 Å². The van der Waals surface area contributed by atoms with Crippen LogP contribution in [-0.2, 0) is 0 Å². The second-order valence-corrected chi connectivity index (χ2v) is 6.18. The Hall–Kier alpha value is -1.62. The average Bonchev–Trinajstić information content (AvgIpc) is 2.74. The third kappa shape index (κ3) is 2.75. The highest BCUT2D eigenvalue weighted by molar-refractivity contribution is 5.95. The molecular weight excluding hydrogens is 266 g/mol. The molecule has 2 fully saturated rings. The molecule has 1 N–H and O–H groups in total. The highest BCUT2D eigenvalue weighted by Crippen LogP contribution is 2.29. The van der Waals surface area contributed by atoms with Crippen LogP contribution in [-0.4, -0.2) is 53.2 Å². The number of fused-ring (bicyclic) bond motifs is 1. The molecule has 0 spiro atoms. The van der Waals surface area contributed by atoms with E-state index in [-0.39, 0.29) is 0 Å². The number of aromatic carboxylic acids is 1. The summed E-state index contributed by atoms with van der Waals surface area (Å²) in [5, 5.41) is 9.55. The first-order valence-corrected chi connectivity index (χ1v) is 7.77. The summed E-state index contributed by atoms with van der Waals surface area (Å²) < 4.78 is 0. The van der Waals surface area contributed by atoms with E-state index in [2.05, 4.69) is 14.8 Å². The van der Waals surface area contributed by atoms with E-state index in [0.717, 1.165) is 37.4 Å². The molecule has 0 amide bonds. The summed E-state index contributed by atoms with van der Waals surface area (Å²) in [5.41, 5.74) is 2.72. The van der Waals surface area contributed by atoms with Crippen LogP contribution in [0.3, 0.4) is 0 Å². The summed E-state index contributed by atoms with van der Waals surface area (Å²) in [7, 11) is 0. The van der Waals surface area contributed by atoms with Gasteiger partial charge in [0.25, 0.3) is 0 Å². The van der Waals surface area contributed by atoms with Crippen LogP contribution < -0.4 is 4.90 Å². The van der Waals surface area contributed by atoms with Gasteiger partial charge in [-0.15, -0.1) is 0 Å². The van der Waals surface area contributed by atoms with Crippen LogP contribution in [0, 0.1) is 13.8 Å². The molecule has 3 rings (SSSR count). The maximum atomic E-state index is 11.6. The molecule has 1 aromatic heterocycles. The SMILES string of the molecule is Cc1cc(N2CCCN3CCCC3C2)c(C(=O)O)c(C)n1. The predicted octanol–water partition coefficient (Wildman–Crippen LogP) is 2.07. The van der Waals surface area contributed by atoms with E-state index < -0.39 is 5.97 Å². The Labute approximate surface area is 125 Å². The smallest absolute Gasteiger partial charge is 0.339 e. The summed E-state index contributed by atoms with van der Waals surface area (Å²) in [6, 6.07) is 2.50. The molecule has 21 heavy (non-hydrogen) atoms. The number of hydrogen-bond acceptors (Lipinski definition) is 4. The fourth-order valence-corrected chi connectivity index (χ4v) is 3.75. The molecule has 2 saturated heterocycles. The zero-order valence-electron chi connectivity index (χ0n) is 12.8. The van der Waals surface area contributed by atoms with Gasteiger partial charge in [0.15, 0.2) is 0 Å². The summed E-state index contributed by atoms with van der Waals surface area (Å²) in [6.07, 6.45) is 3.58. The van der Waals surface area contributed by atoms with Gasteiger partial charge in [-0.05, 0) is 45.7 Å². The van der Waals surface area contributed by atoms with Crippen molar-refractivity contribution in [1.29, 1.82) is 0 Å². The number of aromatic nitrogens is 1. The fraction of sp³-hybridized carbons (Fsp3) is 0.625. The van der Waals surface area contributed by atoms with Crippen molar-refractivity contribution in [2.24, 2.45) is 0 Å². The lowest BCUT2D eigenvalue weighted by Crippen LogP contribution is -2.37. The lowest BCUT2D eigenvalue weighted by atomic mass is 10.1. The Morgan fingerprint density at radius 3 is 2.81 bits per heavy atom. The van der Waals surface area contributed by atoms with Crippen molar-refractivity contribution in [3.63, 3.8) is 0 Å². The largest absolute Gasteiger partial charge is 0.478 e. The van der Waals surface area contributed by atoms with Gasteiger partial charge >= 0.3 is 5.97 Å². The first-order chi connectivity index (χ1) is 10.1. The maximum absolute atomic E-state index is 11.6. The molecule has 0 saturated carbocycles. The Morgan fingerprint density at radius 2 is 2.05 bits per heavy atom. The zero-order valence-corrected chi connectivity index (χ0v) is 12.8. The first-order valence-electron chi connectivity index (χ1n) is 7.77. The maximum Gasteiger partial charge on any atom is 0.339 e. The number of nitrogens with zero attached hydrogens (tertiary/aromatic N) is 3. The van der Waals surface area contributed by atoms with Crippen LogP contribution in [0.1, 0.15) is 41.0 Å². The minimum absolute atomic E-state index is 0.368. The summed E-state index contributed by atoms with van der Waals surface area (Å²) in [6.45, 7) is 7.91. The molecule has 0 aromatic carbocycles. The first kappa shape index (κ1) is 14.3. The molecule has 2 aliphatic rings. The quantitative estimate of drug-likeness (QED) is 0.903. The average molecular weight is 289 g/mol. The molecule has 1 aromatic rings. The number of hydrogen-bond donors (Lipinski definition) is 1. The van der Waals surface area contributed by atoms with Crippen molar-refractivity contribution < 1.29 is 9.90 Å². The van der Waals surface area contributed by atoms with Crippen molar-refractivity contribution in [2.45, 2.75) is 39.2 Å². The number of pyridine rings is 1. The van der Waals surface area contributed by atoms with Crippen LogP contribution in [0.25, 0.3) is 0 Å². The van der Waals surface area contributed by atoms with Gasteiger partial charge in [-0.3, -0.25) is 9.88 Å². The van der Waals surface area contributed by atoms with Crippen LogP contribution in [0.2, 0.25) is 0 Å². The number of carboxylic acid groups (broad SMARTS) is 1. The fourth-order valence-electron chi connectivity index (χ4n) is 3.75. The van der Waals surface area contributed by atoms with Crippen molar-refractivity contribution >= 4 is 11.7 Å². The second-order valence-electron chi connectivity index (χ2n) is 6.18. The van der Waals surface area contributed by atoms with E-state index in [4.69, 9.17) is 0 Å². The van der Waals surface area contributed by atoms with Gasteiger partial charge in [0, 0.05) is 31.4 Å². The third-order valence-corrected chi connectivity index (χ3v) is 4.67. The van der Waals surface area contributed by atoms with Gasteiger partial charge in [0.05, 0.1) is 11.4 Å². The van der Waals surface area contributed by atoms with Gasteiger partial charge in [-0.1, -0.05) is 0 Å². The van der Waals surface area contributed by atoms with E-state index in [9.17, 15) is 9.90 Å². The number of carboxylic acids is 1. The van der Waals surface area contributed by atoms with Crippen LogP contribution in [0.4, 0.5) is 5.69 Å². The molecule has 0 aliphatic carbocycles. The summed E-state index contributed by atoms with van der Waals surface area (Å²) in [5.74, 6) is -0.873. The minimum atomic E-state index is -0.873. The molecule has 1 atom stereocenters. The topological polar surface area (TPSA) is 56.7 Å². The molecule has 0 bridgehead atoms. The molecule has 5 heteroatoms. The highest BCUT2D eigenvalue weighted by Gasteiger charge is 2.30. The Balaban J connectivity index is 1.97. The van der Waals surface area contributed by atoms with E-state index in [1.54, 1.807) is 6.92 Å². The number of carbonyl (C=O) groups is 1. The van der Waals surface area contributed by atoms with Crippen molar-refractivity contribution in [3.8, 4) is 0 Å². The lowest BCUT2D eigenvalue weighted by molar-refractivity contribution is 0.0696. The van der Waals surface area contributed by atoms with Gasteiger partial charge in [0.1, 0.15) is 5.56 Å². The number of rotatable bonds is 2. The van der Waals surface area contributed by atoms with Gasteiger partial charge in [0.2, 0.25) is 0 Å². The highest BCUT2D eigenvalue weighted by atomic mass is 16.4. The van der Waals surface area contributed by atoms with E-state index in [0.29, 0.717) is 17.3 Å². The van der Waals surface area contributed by atoms with E-state index in [1.165, 1.54) is 19.4 Å². The molecule has 0 radical (unpaired) electrons. The second kappa shape index (κ2) is 5.64. The van der Waals surface area contributed by atoms with Crippen LogP contribution >= 0.6 is 0 Å². The van der Waals surface area contributed by atoms with E-state index in [1.807, 2.05) is 13.0 Å². The zero-order chi connectivity index (χ0) is 15.0. The predicted molar refractivity (Wildman–Crippen MR) is 82.1 cm³/mol. The molecular formula is C16H23N3O2. The molecule has 1 unspecified atom stereocenters. The Morgan fingerprint density at radius 1 is 1.29 bits per heavy atom. The molecule has 3 heterocycles. The normalized spacial score (nSPS) is 23.0. The monoisotopic (exact) mass is 289 g/mol.